The van der Waals surface area contributed by atoms with E-state index in [-0.39, 0.29) is 36.7 Å². The van der Waals surface area contributed by atoms with Crippen molar-refractivity contribution in [2.45, 2.75) is 45.4 Å². The molecule has 1 fully saturated rings. The van der Waals surface area contributed by atoms with Crippen molar-refractivity contribution in [1.29, 1.82) is 0 Å². The van der Waals surface area contributed by atoms with Crippen molar-refractivity contribution in [3.8, 4) is 0 Å². The number of rotatable bonds is 7. The van der Waals surface area contributed by atoms with Crippen LogP contribution in [0.4, 0.5) is 5.69 Å². The second kappa shape index (κ2) is 10.1. The maximum atomic E-state index is 12.4. The standard InChI is InChI=1S/C23H27BrN2O3/c1-16-13-26(14-17(2)29-16)15-19-5-3-4-6-21(19)25-23(28)12-11-22(27)18-7-9-20(24)10-8-18/h3-10,16-17H,11-15H2,1-2H3,(H,25,28). The summed E-state index contributed by atoms with van der Waals surface area (Å²) in [5.41, 5.74) is 2.50. The molecule has 2 atom stereocenters. The largest absolute Gasteiger partial charge is 0.373 e. The lowest BCUT2D eigenvalue weighted by molar-refractivity contribution is -0.116. The first kappa shape index (κ1) is 21.7. The maximum absolute atomic E-state index is 12.4. The third-order valence-corrected chi connectivity index (χ3v) is 5.45. The van der Waals surface area contributed by atoms with Crippen molar-refractivity contribution in [2.75, 3.05) is 18.4 Å². The first-order valence-corrected chi connectivity index (χ1v) is 10.7. The SMILES string of the molecule is CC1CN(Cc2ccccc2NC(=O)CCC(=O)c2ccc(Br)cc2)CC(C)O1. The van der Waals surface area contributed by atoms with Crippen LogP contribution in [0.25, 0.3) is 0 Å². The highest BCUT2D eigenvalue weighted by molar-refractivity contribution is 9.10. The van der Waals surface area contributed by atoms with E-state index < -0.39 is 0 Å². The first-order chi connectivity index (χ1) is 13.9. The van der Waals surface area contributed by atoms with E-state index >= 15 is 0 Å². The van der Waals surface area contributed by atoms with Gasteiger partial charge in [0.05, 0.1) is 12.2 Å². The number of hydrogen-bond donors (Lipinski definition) is 1. The van der Waals surface area contributed by atoms with Gasteiger partial charge in [-0.25, -0.2) is 0 Å². The monoisotopic (exact) mass is 458 g/mol. The molecule has 5 nitrogen and oxygen atoms in total. The molecule has 1 saturated heterocycles. The number of halogens is 1. The predicted octanol–water partition coefficient (Wildman–Crippen LogP) is 4.66. The van der Waals surface area contributed by atoms with Crippen LogP contribution in [-0.2, 0) is 16.1 Å². The molecule has 0 aromatic heterocycles. The Kier molecular flexibility index (Phi) is 7.58. The van der Waals surface area contributed by atoms with Crippen molar-refractivity contribution < 1.29 is 14.3 Å². The molecule has 3 rings (SSSR count). The molecule has 154 valence electrons. The third kappa shape index (κ3) is 6.49. The maximum Gasteiger partial charge on any atom is 0.224 e. The van der Waals surface area contributed by atoms with Crippen LogP contribution >= 0.6 is 15.9 Å². The van der Waals surface area contributed by atoms with Crippen LogP contribution in [0.5, 0.6) is 0 Å². The summed E-state index contributed by atoms with van der Waals surface area (Å²) < 4.78 is 6.72. The lowest BCUT2D eigenvalue weighted by Crippen LogP contribution is -2.44. The minimum absolute atomic E-state index is 0.0303. The Morgan fingerprint density at radius 1 is 1.03 bits per heavy atom. The summed E-state index contributed by atoms with van der Waals surface area (Å²) in [5, 5.41) is 2.98. The van der Waals surface area contributed by atoms with Gasteiger partial charge in [0.25, 0.3) is 0 Å². The number of benzene rings is 2. The molecule has 6 heteroatoms. The molecule has 0 radical (unpaired) electrons. The minimum Gasteiger partial charge on any atom is -0.373 e. The number of carbonyl (C=O) groups is 2. The molecular weight excluding hydrogens is 432 g/mol. The van der Waals surface area contributed by atoms with Crippen LogP contribution in [0.2, 0.25) is 0 Å². The summed E-state index contributed by atoms with van der Waals surface area (Å²) in [7, 11) is 0. The zero-order chi connectivity index (χ0) is 20.8. The second-order valence-electron chi connectivity index (χ2n) is 7.59. The smallest absolute Gasteiger partial charge is 0.224 e. The topological polar surface area (TPSA) is 58.6 Å². The molecule has 0 bridgehead atoms. The van der Waals surface area contributed by atoms with Gasteiger partial charge in [-0.3, -0.25) is 14.5 Å². The Balaban J connectivity index is 1.56. The number of amides is 1. The van der Waals surface area contributed by atoms with Gasteiger partial charge in [-0.2, -0.15) is 0 Å². The lowest BCUT2D eigenvalue weighted by atomic mass is 10.1. The molecule has 1 aliphatic rings. The van der Waals surface area contributed by atoms with E-state index in [0.29, 0.717) is 5.56 Å². The highest BCUT2D eigenvalue weighted by Gasteiger charge is 2.23. The van der Waals surface area contributed by atoms with Crippen molar-refractivity contribution in [2.24, 2.45) is 0 Å². The molecule has 29 heavy (non-hydrogen) atoms. The second-order valence-corrected chi connectivity index (χ2v) is 8.50. The number of para-hydroxylation sites is 1. The number of anilines is 1. The Morgan fingerprint density at radius 3 is 2.38 bits per heavy atom. The predicted molar refractivity (Wildman–Crippen MR) is 118 cm³/mol. The van der Waals surface area contributed by atoms with E-state index in [9.17, 15) is 9.59 Å². The molecule has 0 aliphatic carbocycles. The van der Waals surface area contributed by atoms with E-state index in [0.717, 1.165) is 35.4 Å². The number of carbonyl (C=O) groups excluding carboxylic acids is 2. The van der Waals surface area contributed by atoms with Gasteiger partial charge < -0.3 is 10.1 Å². The highest BCUT2D eigenvalue weighted by atomic mass is 79.9. The average Bonchev–Trinajstić information content (AvgIpc) is 2.67. The van der Waals surface area contributed by atoms with Gasteiger partial charge in [-0.1, -0.05) is 46.3 Å². The summed E-state index contributed by atoms with van der Waals surface area (Å²) in [5.74, 6) is -0.177. The molecular formula is C23H27BrN2O3. The van der Waals surface area contributed by atoms with Crippen LogP contribution in [0.3, 0.4) is 0 Å². The van der Waals surface area contributed by atoms with E-state index in [1.54, 1.807) is 12.1 Å². The number of nitrogens with one attached hydrogen (secondary N) is 1. The molecule has 1 N–H and O–H groups in total. The third-order valence-electron chi connectivity index (χ3n) is 4.93. The van der Waals surface area contributed by atoms with Gasteiger partial charge in [0.2, 0.25) is 5.91 Å². The van der Waals surface area contributed by atoms with E-state index in [1.165, 1.54) is 0 Å². The normalized spacial score (nSPS) is 19.7. The summed E-state index contributed by atoms with van der Waals surface area (Å²) in [6, 6.07) is 15.0. The van der Waals surface area contributed by atoms with Crippen LogP contribution in [0.1, 0.15) is 42.6 Å². The average molecular weight is 459 g/mol. The molecule has 2 unspecified atom stereocenters. The van der Waals surface area contributed by atoms with Crippen molar-refractivity contribution in [3.05, 3.63) is 64.1 Å². The summed E-state index contributed by atoms with van der Waals surface area (Å²) in [6.07, 6.45) is 0.749. The van der Waals surface area contributed by atoms with Crippen LogP contribution in [-0.4, -0.2) is 41.9 Å². The van der Waals surface area contributed by atoms with E-state index in [2.05, 4.69) is 40.0 Å². The number of morpholine rings is 1. The zero-order valence-corrected chi connectivity index (χ0v) is 18.4. The van der Waals surface area contributed by atoms with Crippen LogP contribution in [0, 0.1) is 0 Å². The summed E-state index contributed by atoms with van der Waals surface area (Å²) in [4.78, 5) is 27.1. The Bertz CT molecular complexity index is 843. The molecule has 0 saturated carbocycles. The van der Waals surface area contributed by atoms with Gasteiger partial charge in [0.1, 0.15) is 0 Å². The van der Waals surface area contributed by atoms with Gasteiger partial charge in [-0.05, 0) is 37.6 Å². The molecule has 2 aromatic rings. The lowest BCUT2D eigenvalue weighted by Gasteiger charge is -2.35. The van der Waals surface area contributed by atoms with Gasteiger partial charge in [0.15, 0.2) is 5.78 Å². The quantitative estimate of drug-likeness (QED) is 0.612. The van der Waals surface area contributed by atoms with Crippen molar-refractivity contribution in [3.63, 3.8) is 0 Å². The fourth-order valence-electron chi connectivity index (χ4n) is 3.65. The van der Waals surface area contributed by atoms with Crippen LogP contribution < -0.4 is 5.32 Å². The molecule has 1 amide bonds. The number of Topliss-reactive ketones (excluding diaryl/α,β-unsaturated/α-hetero) is 1. The fraction of sp³-hybridized carbons (Fsp3) is 0.391. The van der Waals surface area contributed by atoms with E-state index in [4.69, 9.17) is 4.74 Å². The van der Waals surface area contributed by atoms with Gasteiger partial charge in [0, 0.05) is 48.2 Å². The number of nitrogens with zero attached hydrogens (tertiary/aromatic N) is 1. The Labute approximate surface area is 180 Å². The number of ketones is 1. The Hall–Kier alpha value is -2.02. The molecule has 1 aliphatic heterocycles. The summed E-state index contributed by atoms with van der Waals surface area (Å²) in [6.45, 7) is 6.66. The number of hydrogen-bond acceptors (Lipinski definition) is 4. The molecule has 0 spiro atoms. The molecule has 1 heterocycles. The Morgan fingerprint density at radius 2 is 1.69 bits per heavy atom. The summed E-state index contributed by atoms with van der Waals surface area (Å²) >= 11 is 3.36. The van der Waals surface area contributed by atoms with Crippen molar-refractivity contribution >= 4 is 33.3 Å². The molecule has 2 aromatic carbocycles. The number of ether oxygens (including phenoxy) is 1. The minimum atomic E-state index is -0.147. The van der Waals surface area contributed by atoms with Gasteiger partial charge in [-0.15, -0.1) is 0 Å². The van der Waals surface area contributed by atoms with Gasteiger partial charge >= 0.3 is 0 Å². The van der Waals surface area contributed by atoms with E-state index in [1.807, 2.05) is 36.4 Å². The van der Waals surface area contributed by atoms with Crippen molar-refractivity contribution in [1.82, 2.24) is 4.90 Å². The zero-order valence-electron chi connectivity index (χ0n) is 16.9. The van der Waals surface area contributed by atoms with Crippen LogP contribution in [0.15, 0.2) is 53.0 Å². The first-order valence-electron chi connectivity index (χ1n) is 9.95. The highest BCUT2D eigenvalue weighted by Crippen LogP contribution is 2.21. The fourth-order valence-corrected chi connectivity index (χ4v) is 3.92.